The minimum Gasteiger partial charge on any atom is -0.480 e. The Kier molecular flexibility index (Phi) is 28.5. The number of allylic oxidation sites excluding steroid dienone is 2. The average molecular weight is 1570 g/mol. The summed E-state index contributed by atoms with van der Waals surface area (Å²) in [5.41, 5.74) is 10.5. The molecular formula is C95H134N4O15. The Labute approximate surface area is 679 Å². The van der Waals surface area contributed by atoms with Gasteiger partial charge in [-0.25, -0.2) is 19.2 Å². The summed E-state index contributed by atoms with van der Waals surface area (Å²) in [6, 6.07) is 38.7. The van der Waals surface area contributed by atoms with Crippen LogP contribution in [0.1, 0.15) is 228 Å². The van der Waals surface area contributed by atoms with E-state index in [0.717, 1.165) is 118 Å². The molecule has 22 atom stereocenters. The summed E-state index contributed by atoms with van der Waals surface area (Å²) in [6.45, 7) is 20.8. The molecule has 19 heteroatoms. The number of carboxylic acids is 1. The molecule has 6 saturated carbocycles. The predicted octanol–water partition coefficient (Wildman–Crippen LogP) is 19.4. The lowest BCUT2D eigenvalue weighted by Gasteiger charge is -2.54. The maximum absolute atomic E-state index is 13.7. The van der Waals surface area contributed by atoms with Crippen LogP contribution in [0.4, 0.5) is 19.2 Å². The second-order valence-corrected chi connectivity index (χ2v) is 36.4. The zero-order valence-corrected chi connectivity index (χ0v) is 66.8. The Morgan fingerprint density at radius 2 is 0.868 bits per heavy atom. The molecule has 16 rings (SSSR count). The van der Waals surface area contributed by atoms with Gasteiger partial charge in [-0.3, -0.25) is 9.59 Å². The topological polar surface area (TPSA) is 238 Å². The molecule has 4 saturated heterocycles. The number of aliphatic carboxylic acids is 1. The summed E-state index contributed by atoms with van der Waals surface area (Å²) in [5.74, 6) is 5.14. The molecule has 0 aromatic heterocycles. The quantitative estimate of drug-likeness (QED) is 0.0553. The Hall–Kier alpha value is -7.74. The van der Waals surface area contributed by atoms with Gasteiger partial charge in [0.1, 0.15) is 45.6 Å². The number of esters is 1. The fraction of sp³-hybridized carbons (Fsp3) is 0.642. The number of nitrogens with one attached hydrogen (secondary N) is 2. The number of piperidine rings is 2. The monoisotopic (exact) mass is 1570 g/mol. The zero-order chi connectivity index (χ0) is 77.9. The van der Waals surface area contributed by atoms with E-state index < -0.39 is 30.7 Å². The fourth-order valence-corrected chi connectivity index (χ4v) is 24.2. The number of hydrogen-bond acceptors (Lipinski definition) is 14. The van der Waals surface area contributed by atoms with Gasteiger partial charge >= 0.3 is 36.3 Å². The van der Waals surface area contributed by atoms with Crippen molar-refractivity contribution in [1.29, 1.82) is 0 Å². The van der Waals surface area contributed by atoms with Crippen LogP contribution in [0.2, 0.25) is 0 Å². The van der Waals surface area contributed by atoms with Crippen molar-refractivity contribution in [3.05, 3.63) is 166 Å². The van der Waals surface area contributed by atoms with Gasteiger partial charge in [-0.2, -0.15) is 0 Å². The number of rotatable bonds is 13. The number of alkyl carbamates (subject to hydrolysis) is 2. The average Bonchev–Trinajstić information content (AvgIpc) is 1.56. The maximum Gasteiger partial charge on any atom is 0.410 e. The number of fused-ring (bicyclic) bond motifs is 12. The van der Waals surface area contributed by atoms with Crippen LogP contribution in [-0.2, 0) is 69.2 Å². The molecular weight excluding hydrogens is 1440 g/mol. The largest absolute Gasteiger partial charge is 0.480 e. The van der Waals surface area contributed by atoms with Gasteiger partial charge in [0.05, 0.1) is 41.6 Å². The fourth-order valence-electron chi connectivity index (χ4n) is 24.2. The first-order valence-corrected chi connectivity index (χ1v) is 42.1. The molecule has 4 heterocycles. The van der Waals surface area contributed by atoms with Crippen molar-refractivity contribution >= 4 is 36.3 Å². The smallest absolute Gasteiger partial charge is 0.410 e. The van der Waals surface area contributed by atoms with E-state index in [9.17, 15) is 33.9 Å². The SMILES string of the molecule is C.C.C.CC1=C2C[C@H]3[C@@H](CC[C@@H]4C[C@H](O)CC[C@@]43C)[C@@H]2CC[C@@]2(C1)O[C@@H]1C[C@H](C)CN(C(=O)OCc3ccccc3)[C@H]1[C@H]2C.CC1=C2C[C@H]3[C@@H](CC[C@@H]4C[C@H](OC(=O)CNC(=O)OCc5ccccc5)CC[C@@]43C)[C@@H]2CC[C@@]2(C1)O[C@@H]1C[C@H](C)CN(C(=O)OCc3ccccc3)[C@H]1[C@H]2C.O=C(O)CNC(=O)OCc1ccccc1. The van der Waals surface area contributed by atoms with Gasteiger partial charge in [-0.05, 0) is 235 Å². The van der Waals surface area contributed by atoms with Crippen molar-refractivity contribution in [2.24, 2.45) is 81.8 Å². The van der Waals surface area contributed by atoms with E-state index in [4.69, 9.17) is 38.3 Å². The molecule has 4 aromatic carbocycles. The summed E-state index contributed by atoms with van der Waals surface area (Å²) in [6.07, 6.45) is 20.1. The van der Waals surface area contributed by atoms with E-state index in [1.165, 1.54) is 56.9 Å². The first-order valence-electron chi connectivity index (χ1n) is 42.1. The minimum absolute atomic E-state index is 0. The number of ether oxygens (including phenoxy) is 7. The van der Waals surface area contributed by atoms with Gasteiger partial charge in [-0.1, -0.05) is 207 Å². The molecule has 19 nitrogen and oxygen atoms in total. The van der Waals surface area contributed by atoms with Crippen LogP contribution in [-0.4, -0.2) is 130 Å². The van der Waals surface area contributed by atoms with Crippen LogP contribution < -0.4 is 10.6 Å². The second-order valence-electron chi connectivity index (χ2n) is 36.4. The van der Waals surface area contributed by atoms with E-state index in [2.05, 4.69) is 66.0 Å². The highest BCUT2D eigenvalue weighted by Crippen LogP contribution is 2.68. The number of benzene rings is 4. The number of amides is 4. The van der Waals surface area contributed by atoms with Crippen LogP contribution in [0.15, 0.2) is 144 Å². The maximum atomic E-state index is 13.7. The molecule has 4 N–H and O–H groups in total. The van der Waals surface area contributed by atoms with Gasteiger partial charge in [0.2, 0.25) is 0 Å². The molecule has 2 spiro atoms. The lowest BCUT2D eigenvalue weighted by atomic mass is 9.52. The molecule has 4 amide bonds. The molecule has 4 aromatic rings. The van der Waals surface area contributed by atoms with Gasteiger partial charge < -0.3 is 63.8 Å². The number of nitrogens with zero attached hydrogens (tertiary/aromatic N) is 2. The van der Waals surface area contributed by atoms with Gasteiger partial charge in [0, 0.05) is 24.9 Å². The van der Waals surface area contributed by atoms with Crippen LogP contribution >= 0.6 is 0 Å². The summed E-state index contributed by atoms with van der Waals surface area (Å²) >= 11 is 0. The minimum atomic E-state index is -1.10. The third-order valence-electron chi connectivity index (χ3n) is 29.8. The van der Waals surface area contributed by atoms with Crippen molar-refractivity contribution in [2.75, 3.05) is 26.2 Å². The van der Waals surface area contributed by atoms with E-state index in [1.807, 2.05) is 131 Å². The number of aliphatic hydroxyl groups excluding tert-OH is 1. The summed E-state index contributed by atoms with van der Waals surface area (Å²) in [5, 5.41) is 23.3. The lowest BCUT2D eigenvalue weighted by molar-refractivity contribution is -0.155. The Bertz CT molecular complexity index is 3990. The Balaban J connectivity index is 0.000000191. The molecule has 10 fully saturated rings. The van der Waals surface area contributed by atoms with E-state index in [0.29, 0.717) is 65.9 Å². The zero-order valence-electron chi connectivity index (χ0n) is 66.8. The number of carbonyl (C=O) groups is 6. The molecule has 0 unspecified atom stereocenters. The number of aliphatic hydroxyl groups is 1. The first kappa shape index (κ1) is 87.1. The lowest BCUT2D eigenvalue weighted by Crippen LogP contribution is -2.54. The third-order valence-corrected chi connectivity index (χ3v) is 29.8. The molecule has 0 bridgehead atoms. The van der Waals surface area contributed by atoms with Crippen molar-refractivity contribution in [3.63, 3.8) is 0 Å². The van der Waals surface area contributed by atoms with Crippen molar-refractivity contribution in [1.82, 2.24) is 20.4 Å². The molecule has 4 aliphatic heterocycles. The normalized spacial score (nSPS) is 35.2. The van der Waals surface area contributed by atoms with E-state index in [-0.39, 0.29) is 126 Å². The number of carboxylic acid groups (broad SMARTS) is 1. The van der Waals surface area contributed by atoms with Gasteiger partial charge in [-0.15, -0.1) is 0 Å². The standard InChI is InChI=1S/C46H60N2O7.C36H51NO4.C10H11NO4.3CH4/c1-29-21-40-42(48(26-29)44(51)53-28-33-13-9-6-10-14-33)31(3)46(55-40)20-18-36-37-16-15-34-22-35(17-19-45(34,4)39(37)23-38(36)30(2)24-46)54-41(49)25-47-43(50)52-27-32-11-7-5-8-12-32;1-22-16-32-33(37(20-22)34(39)40-21-25-8-6-5-7-9-25)24(3)36(41-32)15-13-28-29-11-10-26-17-27(38)12-14-35(26,4)31(29)18-30(28)23(2)19-36;12-9(13)6-11-10(14)15-7-8-4-2-1-3-5-8;;;/h5-14,29,31,34-37,39-40,42H,15-28H2,1-4H3,(H,47,50);5-9,22,24,26-29,31-33,38H,10-21H2,1-4H3;1-5H,6-7H2,(H,11,14)(H,12,13);3*1H4/t29-,31+,34+,35+,36-,37-,39-,40+,42-,45-,46-;22-,24+,26+,27+,28-,29-,31-,32+,33-,35-,36-;;;;/m00..../s1. The highest BCUT2D eigenvalue weighted by Gasteiger charge is 2.64. The number of hydrogen-bond donors (Lipinski definition) is 4. The molecule has 624 valence electrons. The molecule has 8 aliphatic carbocycles. The number of likely N-dealkylation sites (tertiary alicyclic amines) is 2. The number of carbonyl (C=O) groups excluding carboxylic acids is 5. The third kappa shape index (κ3) is 18.6. The van der Waals surface area contributed by atoms with Crippen molar-refractivity contribution in [3.8, 4) is 0 Å². The highest BCUT2D eigenvalue weighted by atomic mass is 16.6. The Morgan fingerprint density at radius 1 is 0.482 bits per heavy atom. The molecule has 114 heavy (non-hydrogen) atoms. The van der Waals surface area contributed by atoms with Crippen LogP contribution in [0.5, 0.6) is 0 Å². The van der Waals surface area contributed by atoms with Crippen LogP contribution in [0.3, 0.4) is 0 Å². The van der Waals surface area contributed by atoms with Crippen LogP contribution in [0, 0.1) is 81.8 Å². The van der Waals surface area contributed by atoms with Gasteiger partial charge in [0.15, 0.2) is 0 Å². The van der Waals surface area contributed by atoms with Crippen molar-refractivity contribution in [2.45, 2.75) is 280 Å². The predicted molar refractivity (Wildman–Crippen MR) is 441 cm³/mol. The van der Waals surface area contributed by atoms with Gasteiger partial charge in [0.25, 0.3) is 0 Å². The summed E-state index contributed by atoms with van der Waals surface area (Å²) in [7, 11) is 0. The first-order chi connectivity index (χ1) is 53.4. The van der Waals surface area contributed by atoms with Crippen LogP contribution in [0.25, 0.3) is 0 Å². The van der Waals surface area contributed by atoms with Crippen molar-refractivity contribution < 1.29 is 72.1 Å². The Morgan fingerprint density at radius 3 is 1.28 bits per heavy atom. The highest BCUT2D eigenvalue weighted by molar-refractivity contribution is 5.78. The second kappa shape index (κ2) is 37.3. The molecule has 0 radical (unpaired) electrons. The molecule has 12 aliphatic rings. The summed E-state index contributed by atoms with van der Waals surface area (Å²) < 4.78 is 42.2. The van der Waals surface area contributed by atoms with E-state index in [1.54, 1.807) is 16.7 Å². The summed E-state index contributed by atoms with van der Waals surface area (Å²) in [4.78, 5) is 77.2. The van der Waals surface area contributed by atoms with E-state index >= 15 is 0 Å².